The molecule has 6 heteroatoms. The third kappa shape index (κ3) is 2.44. The Balaban J connectivity index is 1.77. The van der Waals surface area contributed by atoms with Gasteiger partial charge in [-0.3, -0.25) is 4.79 Å². The molecule has 0 spiro atoms. The van der Waals surface area contributed by atoms with Crippen molar-refractivity contribution in [1.82, 2.24) is 16.0 Å². The van der Waals surface area contributed by atoms with E-state index in [9.17, 15) is 9.59 Å². The van der Waals surface area contributed by atoms with Crippen LogP contribution in [0.1, 0.15) is 24.3 Å². The van der Waals surface area contributed by atoms with E-state index in [4.69, 9.17) is 4.42 Å². The predicted octanol–water partition coefficient (Wildman–Crippen LogP) is 1.60. The van der Waals surface area contributed by atoms with Crippen molar-refractivity contribution in [2.45, 2.75) is 25.9 Å². The van der Waals surface area contributed by atoms with E-state index in [1.165, 1.54) is 0 Å². The summed E-state index contributed by atoms with van der Waals surface area (Å²) in [7, 11) is 0. The number of carbonyl (C=O) groups excluding carboxylic acids is 2. The van der Waals surface area contributed by atoms with Crippen LogP contribution in [0.2, 0.25) is 0 Å². The summed E-state index contributed by atoms with van der Waals surface area (Å²) in [6, 6.07) is 6.65. The molecule has 2 heterocycles. The van der Waals surface area contributed by atoms with E-state index >= 15 is 0 Å². The van der Waals surface area contributed by atoms with Gasteiger partial charge in [0.05, 0.1) is 6.04 Å². The Morgan fingerprint density at radius 3 is 2.86 bits per heavy atom. The molecule has 1 fully saturated rings. The van der Waals surface area contributed by atoms with Gasteiger partial charge in [0.1, 0.15) is 17.4 Å². The number of carbonyl (C=O) groups is 2. The van der Waals surface area contributed by atoms with Crippen LogP contribution in [0.3, 0.4) is 0 Å². The second-order valence-electron chi connectivity index (χ2n) is 5.22. The quantitative estimate of drug-likeness (QED) is 0.801. The highest BCUT2D eigenvalue weighted by atomic mass is 16.3. The van der Waals surface area contributed by atoms with E-state index in [2.05, 4.69) is 16.0 Å². The molecule has 6 nitrogen and oxygen atoms in total. The van der Waals surface area contributed by atoms with Gasteiger partial charge in [-0.2, -0.15) is 0 Å². The zero-order chi connectivity index (χ0) is 15.0. The average molecular weight is 287 g/mol. The van der Waals surface area contributed by atoms with Gasteiger partial charge in [-0.1, -0.05) is 18.2 Å². The van der Waals surface area contributed by atoms with Crippen molar-refractivity contribution >= 4 is 22.9 Å². The van der Waals surface area contributed by atoms with E-state index < -0.39 is 6.04 Å². The first kappa shape index (κ1) is 13.5. The van der Waals surface area contributed by atoms with Gasteiger partial charge in [0, 0.05) is 17.5 Å². The topological polar surface area (TPSA) is 83.4 Å². The summed E-state index contributed by atoms with van der Waals surface area (Å²) < 4.78 is 5.83. The van der Waals surface area contributed by atoms with Gasteiger partial charge < -0.3 is 20.4 Å². The minimum Gasteiger partial charge on any atom is -0.459 e. The van der Waals surface area contributed by atoms with Crippen LogP contribution in [-0.2, 0) is 4.79 Å². The number of aryl methyl sites for hydroxylation is 1. The maximum atomic E-state index is 12.1. The van der Waals surface area contributed by atoms with Crippen LogP contribution in [0.25, 0.3) is 11.0 Å². The second-order valence-corrected chi connectivity index (χ2v) is 5.22. The maximum Gasteiger partial charge on any atom is 0.315 e. The van der Waals surface area contributed by atoms with Gasteiger partial charge in [-0.15, -0.1) is 0 Å². The number of hydrogen-bond donors (Lipinski definition) is 3. The fourth-order valence-electron chi connectivity index (χ4n) is 2.60. The molecule has 0 bridgehead atoms. The van der Waals surface area contributed by atoms with Gasteiger partial charge in [0.2, 0.25) is 5.91 Å². The summed E-state index contributed by atoms with van der Waals surface area (Å²) >= 11 is 0. The number of fused-ring (bicyclic) bond motifs is 1. The minimum absolute atomic E-state index is 0.222. The SMILES string of the molecule is Cc1c([C@H](C)NC(=O)[C@@H]2CNC(=O)N2)oc2ccccc12. The minimum atomic E-state index is -0.537. The van der Waals surface area contributed by atoms with Gasteiger partial charge in [0.25, 0.3) is 0 Å². The Morgan fingerprint density at radius 1 is 1.43 bits per heavy atom. The molecule has 1 saturated heterocycles. The van der Waals surface area contributed by atoms with Crippen molar-refractivity contribution in [2.75, 3.05) is 6.54 Å². The fourth-order valence-corrected chi connectivity index (χ4v) is 2.60. The summed E-state index contributed by atoms with van der Waals surface area (Å²) in [4.78, 5) is 23.2. The molecular weight excluding hydrogens is 270 g/mol. The molecule has 3 amide bonds. The third-order valence-electron chi connectivity index (χ3n) is 3.72. The number of para-hydroxylation sites is 1. The molecule has 21 heavy (non-hydrogen) atoms. The lowest BCUT2D eigenvalue weighted by Gasteiger charge is -2.15. The molecule has 2 aromatic rings. The highest BCUT2D eigenvalue weighted by Gasteiger charge is 2.28. The van der Waals surface area contributed by atoms with Gasteiger partial charge in [-0.05, 0) is 19.9 Å². The third-order valence-corrected chi connectivity index (χ3v) is 3.72. The number of furan rings is 1. The van der Waals surface area contributed by atoms with Crippen molar-refractivity contribution in [3.05, 3.63) is 35.6 Å². The molecule has 3 rings (SSSR count). The van der Waals surface area contributed by atoms with Crippen LogP contribution in [-0.4, -0.2) is 24.5 Å². The van der Waals surface area contributed by atoms with Crippen LogP contribution in [0, 0.1) is 6.92 Å². The highest BCUT2D eigenvalue weighted by Crippen LogP contribution is 2.29. The summed E-state index contributed by atoms with van der Waals surface area (Å²) in [5.41, 5.74) is 1.83. The number of rotatable bonds is 3. The molecule has 0 radical (unpaired) electrons. The van der Waals surface area contributed by atoms with E-state index in [0.29, 0.717) is 6.54 Å². The smallest absolute Gasteiger partial charge is 0.315 e. The largest absolute Gasteiger partial charge is 0.459 e. The first-order valence-electron chi connectivity index (χ1n) is 6.89. The van der Waals surface area contributed by atoms with E-state index in [1.54, 1.807) is 0 Å². The summed E-state index contributed by atoms with van der Waals surface area (Å²) in [6.45, 7) is 4.14. The molecule has 3 N–H and O–H groups in total. The molecule has 1 aromatic carbocycles. The molecule has 0 saturated carbocycles. The predicted molar refractivity (Wildman–Crippen MR) is 77.8 cm³/mol. The van der Waals surface area contributed by atoms with Gasteiger partial charge >= 0.3 is 6.03 Å². The number of urea groups is 1. The first-order valence-corrected chi connectivity index (χ1v) is 6.89. The van der Waals surface area contributed by atoms with E-state index in [1.807, 2.05) is 38.1 Å². The normalized spacial score (nSPS) is 19.1. The zero-order valence-electron chi connectivity index (χ0n) is 11.9. The Kier molecular flexibility index (Phi) is 3.29. The van der Waals surface area contributed by atoms with Crippen LogP contribution < -0.4 is 16.0 Å². The molecule has 2 atom stereocenters. The van der Waals surface area contributed by atoms with Crippen molar-refractivity contribution in [1.29, 1.82) is 0 Å². The molecule has 0 unspecified atom stereocenters. The van der Waals surface area contributed by atoms with E-state index in [-0.39, 0.29) is 18.0 Å². The number of nitrogens with one attached hydrogen (secondary N) is 3. The summed E-state index contributed by atoms with van der Waals surface area (Å²) in [5.74, 6) is 0.516. The van der Waals surface area contributed by atoms with Crippen LogP contribution >= 0.6 is 0 Å². The average Bonchev–Trinajstić information content (AvgIpc) is 3.04. The van der Waals surface area contributed by atoms with Crippen LogP contribution in [0.4, 0.5) is 4.79 Å². The molecule has 0 aliphatic carbocycles. The number of benzene rings is 1. The Labute approximate surface area is 121 Å². The van der Waals surface area contributed by atoms with Crippen molar-refractivity contribution < 1.29 is 14.0 Å². The number of hydrogen-bond acceptors (Lipinski definition) is 3. The lowest BCUT2D eigenvalue weighted by atomic mass is 10.1. The van der Waals surface area contributed by atoms with Crippen LogP contribution in [0.15, 0.2) is 28.7 Å². The fraction of sp³-hybridized carbons (Fsp3) is 0.333. The zero-order valence-corrected chi connectivity index (χ0v) is 11.9. The highest BCUT2D eigenvalue weighted by molar-refractivity contribution is 5.90. The Hall–Kier alpha value is -2.50. The van der Waals surface area contributed by atoms with Crippen molar-refractivity contribution in [3.63, 3.8) is 0 Å². The standard InChI is InChI=1S/C15H17N3O3/c1-8-10-5-3-4-6-12(10)21-13(8)9(2)17-14(19)11-7-16-15(20)18-11/h3-6,9,11H,7H2,1-2H3,(H,17,19)(H2,16,18,20)/t9-,11-/m0/s1. The molecule has 1 aliphatic heterocycles. The Bertz CT molecular complexity index is 707. The molecular formula is C15H17N3O3. The maximum absolute atomic E-state index is 12.1. The number of amides is 3. The van der Waals surface area contributed by atoms with Gasteiger partial charge in [0.15, 0.2) is 0 Å². The second kappa shape index (κ2) is 5.12. The van der Waals surface area contributed by atoms with Crippen molar-refractivity contribution in [2.24, 2.45) is 0 Å². The lowest BCUT2D eigenvalue weighted by molar-refractivity contribution is -0.123. The Morgan fingerprint density at radius 2 is 2.19 bits per heavy atom. The molecule has 1 aliphatic rings. The monoisotopic (exact) mass is 287 g/mol. The molecule has 110 valence electrons. The first-order chi connectivity index (χ1) is 10.1. The summed E-state index contributed by atoms with van der Waals surface area (Å²) in [6.07, 6.45) is 0. The van der Waals surface area contributed by atoms with Crippen molar-refractivity contribution in [3.8, 4) is 0 Å². The summed E-state index contributed by atoms with van der Waals surface area (Å²) in [5, 5.41) is 9.04. The molecule has 1 aromatic heterocycles. The van der Waals surface area contributed by atoms with Gasteiger partial charge in [-0.25, -0.2) is 4.79 Å². The van der Waals surface area contributed by atoms with Crippen LogP contribution in [0.5, 0.6) is 0 Å². The van der Waals surface area contributed by atoms with E-state index in [0.717, 1.165) is 22.3 Å². The lowest BCUT2D eigenvalue weighted by Crippen LogP contribution is -2.43.